The second-order valence-corrected chi connectivity index (χ2v) is 7.74. The van der Waals surface area contributed by atoms with E-state index in [-0.39, 0.29) is 11.7 Å². The summed E-state index contributed by atoms with van der Waals surface area (Å²) in [5.41, 5.74) is 6.72. The number of H-pyrrole nitrogens is 1. The minimum atomic E-state index is -0.201. The van der Waals surface area contributed by atoms with Crippen molar-refractivity contribution >= 4 is 28.1 Å². The summed E-state index contributed by atoms with van der Waals surface area (Å²) in [6.45, 7) is 6.48. The minimum absolute atomic E-state index is 0.0503. The molecule has 0 fully saturated rings. The maximum Gasteiger partial charge on any atom is 0.221 e. The van der Waals surface area contributed by atoms with Crippen LogP contribution in [0.15, 0.2) is 48.7 Å². The van der Waals surface area contributed by atoms with Gasteiger partial charge >= 0.3 is 0 Å². The number of fused-ring (bicyclic) bond motifs is 1. The van der Waals surface area contributed by atoms with E-state index in [4.69, 9.17) is 0 Å². The second-order valence-electron chi connectivity index (χ2n) is 7.74. The van der Waals surface area contributed by atoms with Crippen LogP contribution in [0.1, 0.15) is 30.0 Å². The van der Waals surface area contributed by atoms with Gasteiger partial charge in [-0.25, -0.2) is 4.39 Å². The van der Waals surface area contributed by atoms with Crippen LogP contribution in [0.3, 0.4) is 0 Å². The van der Waals surface area contributed by atoms with Gasteiger partial charge in [0.05, 0.1) is 0 Å². The summed E-state index contributed by atoms with van der Waals surface area (Å²) in [5.74, 6) is -0.251. The molecule has 1 amide bonds. The normalized spacial score (nSPS) is 14.8. The molecule has 3 aromatic rings. The van der Waals surface area contributed by atoms with Crippen LogP contribution < -0.4 is 5.32 Å². The molecule has 4 rings (SSSR count). The molecule has 29 heavy (non-hydrogen) atoms. The SMILES string of the molecule is CC(=O)Nc1ccc(C)c(CCN2CC=C(c3c[nH]c4ccc(F)cc34)CC2)c1. The lowest BCUT2D eigenvalue weighted by molar-refractivity contribution is -0.114. The summed E-state index contributed by atoms with van der Waals surface area (Å²) in [7, 11) is 0. The zero-order valence-electron chi connectivity index (χ0n) is 16.9. The Kier molecular flexibility index (Phi) is 5.49. The Morgan fingerprint density at radius 1 is 1.24 bits per heavy atom. The van der Waals surface area contributed by atoms with Crippen molar-refractivity contribution in [3.05, 3.63) is 71.2 Å². The first-order valence-corrected chi connectivity index (χ1v) is 10.0. The number of halogens is 1. The van der Waals surface area contributed by atoms with Crippen LogP contribution in [0.5, 0.6) is 0 Å². The van der Waals surface area contributed by atoms with Crippen molar-refractivity contribution in [2.75, 3.05) is 25.0 Å². The molecule has 0 bridgehead atoms. The van der Waals surface area contributed by atoms with Gasteiger partial charge in [-0.05, 0) is 66.8 Å². The molecule has 1 aliphatic heterocycles. The Labute approximate surface area is 170 Å². The molecular weight excluding hydrogens is 365 g/mol. The van der Waals surface area contributed by atoms with Crippen LogP contribution in [0.2, 0.25) is 0 Å². The van der Waals surface area contributed by atoms with Gasteiger partial charge < -0.3 is 10.3 Å². The number of hydrogen-bond donors (Lipinski definition) is 2. The van der Waals surface area contributed by atoms with E-state index in [9.17, 15) is 9.18 Å². The van der Waals surface area contributed by atoms with Gasteiger partial charge in [-0.1, -0.05) is 12.1 Å². The van der Waals surface area contributed by atoms with Gasteiger partial charge in [-0.15, -0.1) is 0 Å². The highest BCUT2D eigenvalue weighted by Crippen LogP contribution is 2.30. The number of rotatable bonds is 5. The summed E-state index contributed by atoms with van der Waals surface area (Å²) >= 11 is 0. The number of nitrogens with one attached hydrogen (secondary N) is 2. The first kappa shape index (κ1) is 19.4. The van der Waals surface area contributed by atoms with Crippen molar-refractivity contribution in [1.29, 1.82) is 0 Å². The van der Waals surface area contributed by atoms with Crippen LogP contribution in [-0.2, 0) is 11.2 Å². The van der Waals surface area contributed by atoms with Crippen molar-refractivity contribution in [3.63, 3.8) is 0 Å². The average Bonchev–Trinajstić information content (AvgIpc) is 3.11. The fourth-order valence-corrected chi connectivity index (χ4v) is 4.02. The molecule has 2 aromatic carbocycles. The third kappa shape index (κ3) is 4.40. The van der Waals surface area contributed by atoms with E-state index >= 15 is 0 Å². The largest absolute Gasteiger partial charge is 0.361 e. The highest BCUT2D eigenvalue weighted by molar-refractivity contribution is 5.92. The number of aromatic nitrogens is 1. The van der Waals surface area contributed by atoms with E-state index in [1.165, 1.54) is 29.7 Å². The Morgan fingerprint density at radius 2 is 2.10 bits per heavy atom. The lowest BCUT2D eigenvalue weighted by atomic mass is 9.98. The van der Waals surface area contributed by atoms with E-state index in [0.29, 0.717) is 0 Å². The fourth-order valence-electron chi connectivity index (χ4n) is 4.02. The zero-order chi connectivity index (χ0) is 20.4. The maximum absolute atomic E-state index is 13.7. The molecule has 0 atom stereocenters. The van der Waals surface area contributed by atoms with E-state index in [1.807, 2.05) is 12.3 Å². The monoisotopic (exact) mass is 391 g/mol. The first-order valence-electron chi connectivity index (χ1n) is 10.0. The number of nitrogens with zero attached hydrogens (tertiary/aromatic N) is 1. The Balaban J connectivity index is 1.41. The number of aromatic amines is 1. The quantitative estimate of drug-likeness (QED) is 0.649. The van der Waals surface area contributed by atoms with Crippen molar-refractivity contribution in [1.82, 2.24) is 9.88 Å². The molecule has 0 unspecified atom stereocenters. The Hall–Kier alpha value is -2.92. The van der Waals surface area contributed by atoms with Crippen LogP contribution >= 0.6 is 0 Å². The number of amides is 1. The zero-order valence-corrected chi connectivity index (χ0v) is 16.9. The molecule has 0 saturated heterocycles. The molecular formula is C24H26FN3O. The summed E-state index contributed by atoms with van der Waals surface area (Å²) in [4.78, 5) is 17.0. The molecule has 0 saturated carbocycles. The van der Waals surface area contributed by atoms with Gasteiger partial charge in [0.2, 0.25) is 5.91 Å². The third-order valence-electron chi connectivity index (χ3n) is 5.65. The lowest BCUT2D eigenvalue weighted by Crippen LogP contribution is -2.30. The minimum Gasteiger partial charge on any atom is -0.361 e. The molecule has 0 radical (unpaired) electrons. The molecule has 1 aliphatic rings. The summed E-state index contributed by atoms with van der Waals surface area (Å²) < 4.78 is 13.7. The second kappa shape index (κ2) is 8.21. The van der Waals surface area contributed by atoms with Crippen LogP contribution in [-0.4, -0.2) is 35.4 Å². The van der Waals surface area contributed by atoms with Gasteiger partial charge in [0, 0.05) is 54.9 Å². The molecule has 150 valence electrons. The maximum atomic E-state index is 13.7. The predicted octanol–water partition coefficient (Wildman–Crippen LogP) is 4.91. The van der Waals surface area contributed by atoms with Gasteiger partial charge in [0.25, 0.3) is 0 Å². The van der Waals surface area contributed by atoms with Crippen LogP contribution in [0.4, 0.5) is 10.1 Å². The van der Waals surface area contributed by atoms with Gasteiger partial charge in [0.1, 0.15) is 5.82 Å². The highest BCUT2D eigenvalue weighted by Gasteiger charge is 2.16. The third-order valence-corrected chi connectivity index (χ3v) is 5.65. The van der Waals surface area contributed by atoms with Gasteiger partial charge in [-0.3, -0.25) is 9.69 Å². The average molecular weight is 391 g/mol. The molecule has 1 aromatic heterocycles. The van der Waals surface area contributed by atoms with E-state index in [2.05, 4.69) is 40.3 Å². The number of anilines is 1. The summed E-state index contributed by atoms with van der Waals surface area (Å²) in [5, 5.41) is 3.81. The van der Waals surface area contributed by atoms with Gasteiger partial charge in [0.15, 0.2) is 0 Å². The van der Waals surface area contributed by atoms with Crippen LogP contribution in [0, 0.1) is 12.7 Å². The summed E-state index contributed by atoms with van der Waals surface area (Å²) in [6, 6.07) is 11.0. The number of carbonyl (C=O) groups excluding carboxylic acids is 1. The number of aryl methyl sites for hydroxylation is 1. The molecule has 0 aliphatic carbocycles. The fraction of sp³-hybridized carbons (Fsp3) is 0.292. The molecule has 2 heterocycles. The molecule has 5 heteroatoms. The Bertz CT molecular complexity index is 1080. The first-order chi connectivity index (χ1) is 14.0. The van der Waals surface area contributed by atoms with E-state index < -0.39 is 0 Å². The van der Waals surface area contributed by atoms with Crippen molar-refractivity contribution in [2.45, 2.75) is 26.7 Å². The molecule has 2 N–H and O–H groups in total. The van der Waals surface area contributed by atoms with Gasteiger partial charge in [-0.2, -0.15) is 0 Å². The number of benzene rings is 2. The smallest absolute Gasteiger partial charge is 0.221 e. The lowest BCUT2D eigenvalue weighted by Gasteiger charge is -2.26. The summed E-state index contributed by atoms with van der Waals surface area (Å²) in [6.07, 6.45) is 6.15. The van der Waals surface area contributed by atoms with Crippen molar-refractivity contribution in [2.24, 2.45) is 0 Å². The van der Waals surface area contributed by atoms with Crippen LogP contribution in [0.25, 0.3) is 16.5 Å². The standard InChI is InChI=1S/C24H26FN3O/c1-16-3-5-21(27-17(2)29)13-19(16)9-12-28-10-7-18(8-11-28)23-15-26-24-6-4-20(25)14-22(23)24/h3-7,13-15,26H,8-12H2,1-2H3,(H,27,29). The van der Waals surface area contributed by atoms with E-state index in [1.54, 1.807) is 12.1 Å². The highest BCUT2D eigenvalue weighted by atomic mass is 19.1. The van der Waals surface area contributed by atoms with E-state index in [0.717, 1.165) is 54.6 Å². The topological polar surface area (TPSA) is 48.1 Å². The van der Waals surface area contributed by atoms with Crippen molar-refractivity contribution < 1.29 is 9.18 Å². The number of hydrogen-bond acceptors (Lipinski definition) is 2. The predicted molar refractivity (Wildman–Crippen MR) is 116 cm³/mol. The van der Waals surface area contributed by atoms with Crippen molar-refractivity contribution in [3.8, 4) is 0 Å². The Morgan fingerprint density at radius 3 is 2.86 bits per heavy atom. The number of carbonyl (C=O) groups is 1. The molecule has 4 nitrogen and oxygen atoms in total. The molecule has 0 spiro atoms.